The predicted octanol–water partition coefficient (Wildman–Crippen LogP) is 5.00. The smallest absolute Gasteiger partial charge is 0.293 e. The van der Waals surface area contributed by atoms with Gasteiger partial charge in [-0.15, -0.1) is 0 Å². The summed E-state index contributed by atoms with van der Waals surface area (Å²) in [6.07, 6.45) is 1.73. The first kappa shape index (κ1) is 17.8. The van der Waals surface area contributed by atoms with E-state index in [9.17, 15) is 9.59 Å². The van der Waals surface area contributed by atoms with E-state index in [1.807, 2.05) is 49.4 Å². The van der Waals surface area contributed by atoms with E-state index in [1.165, 1.54) is 4.90 Å². The summed E-state index contributed by atoms with van der Waals surface area (Å²) in [5.41, 5.74) is 2.90. The number of thioether (sulfide) groups is 1. The Kier molecular flexibility index (Phi) is 5.30. The van der Waals surface area contributed by atoms with Crippen molar-refractivity contribution in [1.82, 2.24) is 4.90 Å². The van der Waals surface area contributed by atoms with E-state index < -0.39 is 0 Å². The largest absolute Gasteiger partial charge is 0.496 e. The molecule has 0 aliphatic carbocycles. The zero-order chi connectivity index (χ0) is 18.0. The number of carbonyl (C=O) groups excluding carboxylic acids is 2. The summed E-state index contributed by atoms with van der Waals surface area (Å²) in [6, 6.07) is 13.3. The van der Waals surface area contributed by atoms with Crippen molar-refractivity contribution < 1.29 is 14.3 Å². The first-order valence-corrected chi connectivity index (χ1v) is 9.23. The molecule has 1 saturated heterocycles. The Balaban J connectivity index is 1.80. The van der Waals surface area contributed by atoms with Crippen molar-refractivity contribution in [2.24, 2.45) is 0 Å². The lowest BCUT2D eigenvalue weighted by molar-refractivity contribution is -0.123. The molecule has 1 aliphatic rings. The number of amides is 2. The van der Waals surface area contributed by atoms with Crippen LogP contribution in [0.5, 0.6) is 5.75 Å². The van der Waals surface area contributed by atoms with E-state index in [0.29, 0.717) is 10.7 Å². The molecular weight excluding hydrogens is 402 g/mol. The Hall–Kier alpha value is -2.05. The summed E-state index contributed by atoms with van der Waals surface area (Å²) in [6.45, 7) is 2.29. The number of carbonyl (C=O) groups is 2. The quantitative estimate of drug-likeness (QED) is 0.656. The van der Waals surface area contributed by atoms with Gasteiger partial charge in [0.2, 0.25) is 0 Å². The lowest BCUT2D eigenvalue weighted by Gasteiger charge is -2.12. The number of hydrogen-bond acceptors (Lipinski definition) is 4. The second-order valence-corrected chi connectivity index (χ2v) is 7.49. The highest BCUT2D eigenvalue weighted by atomic mass is 79.9. The van der Waals surface area contributed by atoms with Crippen molar-refractivity contribution >= 4 is 44.9 Å². The molecule has 0 atom stereocenters. The molecule has 6 heteroatoms. The first-order chi connectivity index (χ1) is 12.0. The highest BCUT2D eigenvalue weighted by molar-refractivity contribution is 9.10. The van der Waals surface area contributed by atoms with Crippen LogP contribution in [0.3, 0.4) is 0 Å². The Morgan fingerprint density at radius 3 is 2.52 bits per heavy atom. The molecule has 25 heavy (non-hydrogen) atoms. The molecule has 0 spiro atoms. The molecular formula is C19H16BrNO3S. The van der Waals surface area contributed by atoms with Crippen molar-refractivity contribution in [3.63, 3.8) is 0 Å². The van der Waals surface area contributed by atoms with Crippen LogP contribution < -0.4 is 4.74 Å². The molecule has 2 aromatic rings. The maximum atomic E-state index is 12.6. The van der Waals surface area contributed by atoms with Crippen molar-refractivity contribution in [2.75, 3.05) is 7.11 Å². The molecule has 1 fully saturated rings. The van der Waals surface area contributed by atoms with Gasteiger partial charge in [-0.05, 0) is 64.0 Å². The Morgan fingerprint density at radius 1 is 1.16 bits per heavy atom. The number of benzene rings is 2. The summed E-state index contributed by atoms with van der Waals surface area (Å²) < 4.78 is 5.99. The van der Waals surface area contributed by atoms with Crippen LogP contribution in [0.1, 0.15) is 16.7 Å². The molecule has 2 amide bonds. The third-order valence-corrected chi connectivity index (χ3v) is 5.34. The summed E-state index contributed by atoms with van der Waals surface area (Å²) in [7, 11) is 1.59. The molecule has 0 bridgehead atoms. The molecule has 0 N–H and O–H groups in total. The number of hydrogen-bond donors (Lipinski definition) is 0. The SMILES string of the molecule is COc1ccc(C=C2SC(=O)N(Cc3ccc(C)cc3)C2=O)cc1Br. The van der Waals surface area contributed by atoms with Gasteiger partial charge in [-0.1, -0.05) is 35.9 Å². The van der Waals surface area contributed by atoms with Gasteiger partial charge >= 0.3 is 0 Å². The highest BCUT2D eigenvalue weighted by Gasteiger charge is 2.34. The van der Waals surface area contributed by atoms with Gasteiger partial charge in [0.25, 0.3) is 11.1 Å². The molecule has 1 aliphatic heterocycles. The predicted molar refractivity (Wildman–Crippen MR) is 103 cm³/mol. The summed E-state index contributed by atoms with van der Waals surface area (Å²) in [5.74, 6) is 0.451. The molecule has 0 saturated carbocycles. The number of methoxy groups -OCH3 is 1. The second-order valence-electron chi connectivity index (χ2n) is 5.65. The number of nitrogens with zero attached hydrogens (tertiary/aromatic N) is 1. The normalized spacial score (nSPS) is 16.0. The van der Waals surface area contributed by atoms with Crippen LogP contribution in [-0.4, -0.2) is 23.2 Å². The minimum absolute atomic E-state index is 0.246. The molecule has 0 unspecified atom stereocenters. The van der Waals surface area contributed by atoms with Gasteiger partial charge in [-0.2, -0.15) is 0 Å². The summed E-state index contributed by atoms with van der Waals surface area (Å²) in [4.78, 5) is 26.5. The minimum Gasteiger partial charge on any atom is -0.496 e. The fourth-order valence-electron chi connectivity index (χ4n) is 2.44. The van der Waals surface area contributed by atoms with Gasteiger partial charge in [-0.3, -0.25) is 14.5 Å². The minimum atomic E-state index is -0.262. The van der Waals surface area contributed by atoms with Crippen LogP contribution in [0, 0.1) is 6.92 Å². The molecule has 1 heterocycles. The zero-order valence-corrected chi connectivity index (χ0v) is 16.2. The lowest BCUT2D eigenvalue weighted by Crippen LogP contribution is -2.27. The zero-order valence-electron chi connectivity index (χ0n) is 13.8. The monoisotopic (exact) mass is 417 g/mol. The molecule has 3 rings (SSSR count). The van der Waals surface area contributed by atoms with Gasteiger partial charge in [0.1, 0.15) is 5.75 Å². The van der Waals surface area contributed by atoms with Gasteiger partial charge in [0, 0.05) is 0 Å². The van der Waals surface area contributed by atoms with Crippen molar-refractivity contribution in [1.29, 1.82) is 0 Å². The van der Waals surface area contributed by atoms with Gasteiger partial charge in [-0.25, -0.2) is 0 Å². The molecule has 128 valence electrons. The second kappa shape index (κ2) is 7.45. The lowest BCUT2D eigenvalue weighted by atomic mass is 10.1. The number of rotatable bonds is 4. The van der Waals surface area contributed by atoms with E-state index in [1.54, 1.807) is 13.2 Å². The van der Waals surface area contributed by atoms with E-state index in [4.69, 9.17) is 4.74 Å². The Labute approximate surface area is 159 Å². The van der Waals surface area contributed by atoms with Crippen LogP contribution in [0.4, 0.5) is 4.79 Å². The molecule has 2 aromatic carbocycles. The van der Waals surface area contributed by atoms with Crippen molar-refractivity contribution in [3.05, 3.63) is 68.5 Å². The average molecular weight is 418 g/mol. The Morgan fingerprint density at radius 2 is 1.88 bits per heavy atom. The van der Waals surface area contributed by atoms with Crippen LogP contribution in [0.2, 0.25) is 0 Å². The highest BCUT2D eigenvalue weighted by Crippen LogP contribution is 2.34. The van der Waals surface area contributed by atoms with Crippen molar-refractivity contribution in [2.45, 2.75) is 13.5 Å². The van der Waals surface area contributed by atoms with Gasteiger partial charge in [0.15, 0.2) is 0 Å². The molecule has 0 aromatic heterocycles. The van der Waals surface area contributed by atoms with Gasteiger partial charge in [0.05, 0.1) is 23.0 Å². The van der Waals surface area contributed by atoms with Crippen LogP contribution in [0.15, 0.2) is 51.8 Å². The van der Waals surface area contributed by atoms with Crippen LogP contribution in [-0.2, 0) is 11.3 Å². The molecule has 4 nitrogen and oxygen atoms in total. The maximum absolute atomic E-state index is 12.6. The van der Waals surface area contributed by atoms with Crippen LogP contribution >= 0.6 is 27.7 Å². The van der Waals surface area contributed by atoms with E-state index in [0.717, 1.165) is 32.9 Å². The fourth-order valence-corrected chi connectivity index (χ4v) is 3.83. The third kappa shape index (κ3) is 3.96. The fraction of sp³-hybridized carbons (Fsp3) is 0.158. The van der Waals surface area contributed by atoms with Crippen LogP contribution in [0.25, 0.3) is 6.08 Å². The topological polar surface area (TPSA) is 46.6 Å². The van der Waals surface area contributed by atoms with Crippen molar-refractivity contribution in [3.8, 4) is 5.75 Å². The van der Waals surface area contributed by atoms with E-state index in [-0.39, 0.29) is 17.7 Å². The standard InChI is InChI=1S/C19H16BrNO3S/c1-12-3-5-13(6-4-12)11-21-18(22)17(25-19(21)23)10-14-7-8-16(24-2)15(20)9-14/h3-10H,11H2,1-2H3. The number of aryl methyl sites for hydroxylation is 1. The van der Waals surface area contributed by atoms with E-state index in [2.05, 4.69) is 15.9 Å². The number of imide groups is 1. The summed E-state index contributed by atoms with van der Waals surface area (Å²) >= 11 is 4.39. The third-order valence-electron chi connectivity index (χ3n) is 3.81. The Bertz CT molecular complexity index is 861. The maximum Gasteiger partial charge on any atom is 0.293 e. The van der Waals surface area contributed by atoms with E-state index >= 15 is 0 Å². The number of ether oxygens (including phenoxy) is 1. The summed E-state index contributed by atoms with van der Waals surface area (Å²) in [5, 5.41) is -0.246. The average Bonchev–Trinajstić information content (AvgIpc) is 2.84. The first-order valence-electron chi connectivity index (χ1n) is 7.62. The number of halogens is 1. The van der Waals surface area contributed by atoms with Gasteiger partial charge < -0.3 is 4.74 Å². The molecule has 0 radical (unpaired) electrons.